The van der Waals surface area contributed by atoms with E-state index in [4.69, 9.17) is 4.74 Å². The number of ether oxygens (including phenoxy) is 1. The molecule has 0 amide bonds. The third-order valence-electron chi connectivity index (χ3n) is 5.51. The number of rotatable bonds is 6. The quantitative estimate of drug-likeness (QED) is 0.731. The van der Waals surface area contributed by atoms with Gasteiger partial charge in [-0.3, -0.25) is 9.59 Å². The first-order valence-corrected chi connectivity index (χ1v) is 8.99. The van der Waals surface area contributed by atoms with Crippen molar-refractivity contribution in [2.45, 2.75) is 98.3 Å². The molecule has 1 aliphatic rings. The summed E-state index contributed by atoms with van der Waals surface area (Å²) in [4.78, 5) is 24.3. The number of carboxylic acid groups (broad SMARTS) is 1. The van der Waals surface area contributed by atoms with E-state index in [9.17, 15) is 19.9 Å². The highest BCUT2D eigenvalue weighted by atomic mass is 16.5. The van der Waals surface area contributed by atoms with Crippen LogP contribution in [0.3, 0.4) is 0 Å². The third-order valence-corrected chi connectivity index (χ3v) is 5.51. The molecular weight excluding hydrogens is 322 g/mol. The van der Waals surface area contributed by atoms with E-state index in [1.165, 1.54) is 0 Å². The molecule has 0 aliphatic carbocycles. The van der Waals surface area contributed by atoms with Crippen LogP contribution >= 0.6 is 0 Å². The van der Waals surface area contributed by atoms with Gasteiger partial charge in [0.05, 0.1) is 10.8 Å². The fourth-order valence-electron chi connectivity index (χ4n) is 3.97. The Morgan fingerprint density at radius 2 is 1.56 bits per heavy atom. The summed E-state index contributed by atoms with van der Waals surface area (Å²) in [7, 11) is 0. The molecule has 1 rings (SSSR count). The predicted octanol–water partition coefficient (Wildman–Crippen LogP) is 3.81. The number of carbonyl (C=O) groups excluding carboxylic acids is 1. The average Bonchev–Trinajstić information content (AvgIpc) is 2.43. The summed E-state index contributed by atoms with van der Waals surface area (Å²) in [5, 5.41) is 23.0. The number of carboxylic acids is 1. The topological polar surface area (TPSA) is 86.7 Å². The molecule has 1 fully saturated rings. The van der Waals surface area contributed by atoms with Gasteiger partial charge in [-0.2, -0.15) is 0 Å². The second-order valence-electron chi connectivity index (χ2n) is 9.63. The Morgan fingerprint density at radius 1 is 1.12 bits per heavy atom. The molecule has 0 saturated carbocycles. The Morgan fingerprint density at radius 3 is 1.92 bits per heavy atom. The lowest BCUT2D eigenvalue weighted by Gasteiger charge is -2.49. The van der Waals surface area contributed by atoms with Crippen molar-refractivity contribution in [2.24, 2.45) is 10.8 Å². The van der Waals surface area contributed by atoms with Crippen LogP contribution in [0.5, 0.6) is 0 Å². The number of carbonyl (C=O) groups is 2. The van der Waals surface area contributed by atoms with Crippen LogP contribution in [-0.4, -0.2) is 39.3 Å². The normalized spacial score (nSPS) is 23.7. The Bertz CT molecular complexity index is 508. The molecule has 1 N–H and O–H groups in total. The zero-order valence-electron chi connectivity index (χ0n) is 16.9. The van der Waals surface area contributed by atoms with Crippen LogP contribution in [0, 0.1) is 10.8 Å². The van der Waals surface area contributed by atoms with E-state index in [0.717, 1.165) is 5.06 Å². The van der Waals surface area contributed by atoms with Gasteiger partial charge in [0.2, 0.25) is 0 Å². The van der Waals surface area contributed by atoms with Crippen LogP contribution in [-0.2, 0) is 19.5 Å². The molecule has 6 heteroatoms. The van der Waals surface area contributed by atoms with Gasteiger partial charge in [0.1, 0.15) is 6.10 Å². The molecule has 0 aromatic rings. The number of esters is 1. The molecule has 1 unspecified atom stereocenters. The third kappa shape index (κ3) is 4.73. The molecule has 0 spiro atoms. The fraction of sp³-hybridized carbons (Fsp3) is 0.895. The molecule has 1 saturated heterocycles. The van der Waals surface area contributed by atoms with Crippen molar-refractivity contribution in [1.29, 1.82) is 0 Å². The monoisotopic (exact) mass is 356 g/mol. The van der Waals surface area contributed by atoms with Crippen molar-refractivity contribution in [3.05, 3.63) is 0 Å². The SMILES string of the molecule is CCC(C)(CC(C)(C)C(=O)OC1CC(C)(C)N([O])C(C)(C)C1)C(=O)O. The van der Waals surface area contributed by atoms with Crippen molar-refractivity contribution in [1.82, 2.24) is 5.06 Å². The van der Waals surface area contributed by atoms with Crippen LogP contribution in [0.4, 0.5) is 0 Å². The molecule has 6 nitrogen and oxygen atoms in total. The number of hydroxylamine groups is 2. The van der Waals surface area contributed by atoms with Crippen LogP contribution in [0.2, 0.25) is 0 Å². The second-order valence-corrected chi connectivity index (χ2v) is 9.63. The van der Waals surface area contributed by atoms with E-state index in [0.29, 0.717) is 19.3 Å². The highest BCUT2D eigenvalue weighted by Gasteiger charge is 2.49. The van der Waals surface area contributed by atoms with Gasteiger partial charge < -0.3 is 9.84 Å². The zero-order chi connectivity index (χ0) is 19.8. The molecule has 1 radical (unpaired) electrons. The van der Waals surface area contributed by atoms with Crippen molar-refractivity contribution in [3.63, 3.8) is 0 Å². The van der Waals surface area contributed by atoms with Crippen LogP contribution < -0.4 is 0 Å². The van der Waals surface area contributed by atoms with Gasteiger partial charge in [0, 0.05) is 23.9 Å². The fourth-order valence-corrected chi connectivity index (χ4v) is 3.97. The molecule has 0 aromatic carbocycles. The van der Waals surface area contributed by atoms with Crippen LogP contribution in [0.25, 0.3) is 0 Å². The van der Waals surface area contributed by atoms with Gasteiger partial charge in [-0.25, -0.2) is 0 Å². The molecule has 1 aliphatic heterocycles. The summed E-state index contributed by atoms with van der Waals surface area (Å²) in [6.45, 7) is 14.3. The number of hydrogen-bond donors (Lipinski definition) is 1. The molecule has 1 atom stereocenters. The first-order valence-electron chi connectivity index (χ1n) is 8.99. The summed E-state index contributed by atoms with van der Waals surface area (Å²) in [5.74, 6) is -1.30. The van der Waals surface area contributed by atoms with Gasteiger partial charge in [0.15, 0.2) is 0 Å². The lowest BCUT2D eigenvalue weighted by molar-refractivity contribution is -0.299. The molecule has 145 valence electrons. The average molecular weight is 356 g/mol. The van der Waals surface area contributed by atoms with Gasteiger partial charge in [-0.15, -0.1) is 10.3 Å². The molecular formula is C19H34NO5. The standard InChI is InChI=1S/C19H34NO5/c1-9-19(8,14(21)22)12-16(2,3)15(23)25-13-10-17(4,5)20(24)18(6,7)11-13/h13H,9-12H2,1-8H3,(H,21,22). The largest absolute Gasteiger partial charge is 0.481 e. The Balaban J connectivity index is 2.89. The van der Waals surface area contributed by atoms with E-state index in [-0.39, 0.29) is 12.5 Å². The minimum atomic E-state index is -0.973. The van der Waals surface area contributed by atoms with E-state index in [2.05, 4.69) is 0 Å². The van der Waals surface area contributed by atoms with Crippen molar-refractivity contribution in [3.8, 4) is 0 Å². The maximum Gasteiger partial charge on any atom is 0.311 e. The van der Waals surface area contributed by atoms with Crippen molar-refractivity contribution >= 4 is 11.9 Å². The Labute approximate surface area is 151 Å². The summed E-state index contributed by atoms with van der Waals surface area (Å²) >= 11 is 0. The minimum absolute atomic E-state index is 0.206. The minimum Gasteiger partial charge on any atom is -0.481 e. The van der Waals surface area contributed by atoms with Crippen molar-refractivity contribution < 1.29 is 24.6 Å². The lowest BCUT2D eigenvalue weighted by atomic mass is 9.72. The highest BCUT2D eigenvalue weighted by Crippen LogP contribution is 2.41. The van der Waals surface area contributed by atoms with Crippen molar-refractivity contribution in [2.75, 3.05) is 0 Å². The first-order chi connectivity index (χ1) is 11.1. The first kappa shape index (κ1) is 21.9. The maximum absolute atomic E-state index is 12.7. The van der Waals surface area contributed by atoms with Crippen LogP contribution in [0.1, 0.15) is 81.1 Å². The van der Waals surface area contributed by atoms with Gasteiger partial charge in [0.25, 0.3) is 0 Å². The van der Waals surface area contributed by atoms with E-state index >= 15 is 0 Å². The highest BCUT2D eigenvalue weighted by molar-refractivity contribution is 5.79. The Kier molecular flexibility index (Phi) is 6.02. The Hall–Kier alpha value is -1.14. The number of nitrogens with zero attached hydrogens (tertiary/aromatic N) is 1. The maximum atomic E-state index is 12.7. The molecule has 0 bridgehead atoms. The number of hydrogen-bond acceptors (Lipinski definition) is 4. The number of piperidine rings is 1. The zero-order valence-corrected chi connectivity index (χ0v) is 16.9. The summed E-state index contributed by atoms with van der Waals surface area (Å²) < 4.78 is 5.75. The summed E-state index contributed by atoms with van der Waals surface area (Å²) in [6.07, 6.45) is 1.22. The van der Waals surface area contributed by atoms with Gasteiger partial charge >= 0.3 is 11.9 Å². The molecule has 1 heterocycles. The summed E-state index contributed by atoms with van der Waals surface area (Å²) in [6, 6.07) is 0. The molecule has 25 heavy (non-hydrogen) atoms. The summed E-state index contributed by atoms with van der Waals surface area (Å²) in [5.41, 5.74) is -3.11. The van der Waals surface area contributed by atoms with Gasteiger partial charge in [-0.05, 0) is 61.3 Å². The van der Waals surface area contributed by atoms with Crippen LogP contribution in [0.15, 0.2) is 0 Å². The predicted molar refractivity (Wildman–Crippen MR) is 94.2 cm³/mol. The molecule has 0 aromatic heterocycles. The second kappa shape index (κ2) is 6.88. The smallest absolute Gasteiger partial charge is 0.311 e. The van der Waals surface area contributed by atoms with Gasteiger partial charge in [-0.1, -0.05) is 6.92 Å². The lowest BCUT2D eigenvalue weighted by Crippen LogP contribution is -2.60. The van der Waals surface area contributed by atoms with E-state index < -0.39 is 33.8 Å². The number of aliphatic carboxylic acids is 1. The van der Waals surface area contributed by atoms with E-state index in [1.54, 1.807) is 20.8 Å². The van der Waals surface area contributed by atoms with E-state index in [1.807, 2.05) is 34.6 Å².